The monoisotopic (exact) mass is 287 g/mol. The summed E-state index contributed by atoms with van der Waals surface area (Å²) in [6.07, 6.45) is -0.268. The number of carboxylic acids is 1. The van der Waals surface area contributed by atoms with Crippen molar-refractivity contribution in [3.8, 4) is 0 Å². The molecule has 1 aliphatic heterocycles. The zero-order valence-electron chi connectivity index (χ0n) is 8.16. The first-order valence-corrected chi connectivity index (χ1v) is 5.15. The zero-order valence-corrected chi connectivity index (χ0v) is 9.74. The fraction of sp³-hybridized carbons (Fsp3) is 0.200. The lowest BCUT2D eigenvalue weighted by molar-refractivity contribution is -0.139. The minimum absolute atomic E-state index is 0. The van der Waals surface area contributed by atoms with Gasteiger partial charge in [-0.1, -0.05) is 34.1 Å². The number of carbonyl (C=O) groups is 2. The second kappa shape index (κ2) is 4.23. The molecule has 1 heterocycles. The molecular weight excluding hydrogens is 278 g/mol. The van der Waals surface area contributed by atoms with E-state index in [-0.39, 0.29) is 17.8 Å². The lowest BCUT2D eigenvalue weighted by Gasteiger charge is -2.16. The molecule has 0 radical (unpaired) electrons. The molecule has 0 saturated heterocycles. The van der Waals surface area contributed by atoms with Crippen molar-refractivity contribution in [2.24, 2.45) is 0 Å². The highest BCUT2D eigenvalue weighted by atomic mass is 79.9. The number of aliphatic carboxylic acids is 1. The van der Waals surface area contributed by atoms with Gasteiger partial charge < -0.3 is 15.9 Å². The molecule has 1 aliphatic rings. The maximum atomic E-state index is 11.7. The van der Waals surface area contributed by atoms with E-state index in [1.807, 2.05) is 0 Å². The molecule has 6 heteroatoms. The van der Waals surface area contributed by atoms with Gasteiger partial charge in [-0.2, -0.15) is 0 Å². The van der Waals surface area contributed by atoms with Crippen LogP contribution in [0, 0.1) is 0 Å². The highest BCUT2D eigenvalue weighted by Gasteiger charge is 2.46. The first-order chi connectivity index (χ1) is 7.04. The van der Waals surface area contributed by atoms with Gasteiger partial charge in [0.05, 0.1) is 6.42 Å². The van der Waals surface area contributed by atoms with Crippen LogP contribution in [0.2, 0.25) is 0 Å². The van der Waals surface area contributed by atoms with Crippen LogP contribution in [0.5, 0.6) is 0 Å². The minimum Gasteiger partial charge on any atom is -0.481 e. The molecule has 1 amide bonds. The van der Waals surface area contributed by atoms with E-state index >= 15 is 0 Å². The van der Waals surface area contributed by atoms with E-state index in [0.717, 1.165) is 0 Å². The van der Waals surface area contributed by atoms with Gasteiger partial charge in [-0.15, -0.1) is 0 Å². The normalized spacial score (nSPS) is 21.9. The number of fused-ring (bicyclic) bond motifs is 1. The molecule has 0 saturated carbocycles. The first-order valence-electron chi connectivity index (χ1n) is 4.36. The molecule has 0 fully saturated rings. The Labute approximate surface area is 99.9 Å². The fourth-order valence-electron chi connectivity index (χ4n) is 1.67. The third kappa shape index (κ3) is 1.81. The smallest absolute Gasteiger partial charge is 0.305 e. The number of amides is 1. The van der Waals surface area contributed by atoms with Crippen LogP contribution in [0.1, 0.15) is 12.0 Å². The van der Waals surface area contributed by atoms with Gasteiger partial charge in [0.25, 0.3) is 0 Å². The van der Waals surface area contributed by atoms with Gasteiger partial charge in [-0.3, -0.25) is 9.59 Å². The third-order valence-corrected chi connectivity index (χ3v) is 3.42. The molecule has 2 rings (SSSR count). The molecule has 1 atom stereocenters. The Balaban J connectivity index is 0.00000128. The number of carboxylic acid groups (broad SMARTS) is 1. The summed E-state index contributed by atoms with van der Waals surface area (Å²) in [5.41, 5.74) is 1.35. The summed E-state index contributed by atoms with van der Waals surface area (Å²) < 4.78 is -1.13. The van der Waals surface area contributed by atoms with Crippen molar-refractivity contribution in [3.63, 3.8) is 0 Å². The maximum Gasteiger partial charge on any atom is 0.305 e. The molecule has 1 aromatic rings. The Bertz CT molecular complexity index is 448. The van der Waals surface area contributed by atoms with Gasteiger partial charge in [-0.25, -0.2) is 0 Å². The van der Waals surface area contributed by atoms with Crippen LogP contribution in [-0.4, -0.2) is 22.5 Å². The van der Waals surface area contributed by atoms with Crippen molar-refractivity contribution in [2.45, 2.75) is 10.7 Å². The quantitative estimate of drug-likeness (QED) is 0.790. The summed E-state index contributed by atoms with van der Waals surface area (Å²) in [6, 6.07) is 7.05. The standard InChI is InChI=1S/C10H8BrNO3.H2O/c11-10(5-8(13)14)6-3-1-2-4-7(6)12-9(10)15;/h1-4H,5H2,(H,12,15)(H,13,14);1H2. The van der Waals surface area contributed by atoms with E-state index in [9.17, 15) is 9.59 Å². The number of rotatable bonds is 2. The Morgan fingerprint density at radius 2 is 2.06 bits per heavy atom. The SMILES string of the molecule is O.O=C(O)CC1(Br)C(=O)Nc2ccccc21. The zero-order chi connectivity index (χ0) is 11.1. The highest BCUT2D eigenvalue weighted by molar-refractivity contribution is 9.10. The van der Waals surface area contributed by atoms with Gasteiger partial charge in [0.15, 0.2) is 0 Å². The highest BCUT2D eigenvalue weighted by Crippen LogP contribution is 2.44. The number of alkyl halides is 1. The number of carbonyl (C=O) groups excluding carboxylic acids is 1. The van der Waals surface area contributed by atoms with Crippen LogP contribution >= 0.6 is 15.9 Å². The van der Waals surface area contributed by atoms with E-state index < -0.39 is 10.3 Å². The minimum atomic E-state index is -1.13. The third-order valence-electron chi connectivity index (χ3n) is 2.36. The summed E-state index contributed by atoms with van der Waals surface area (Å²) >= 11 is 3.22. The van der Waals surface area contributed by atoms with Gasteiger partial charge in [0, 0.05) is 11.3 Å². The van der Waals surface area contributed by atoms with Crippen molar-refractivity contribution < 1.29 is 20.2 Å². The molecule has 0 aromatic heterocycles. The summed E-state index contributed by atoms with van der Waals surface area (Å²) in [4.78, 5) is 22.4. The summed E-state index contributed by atoms with van der Waals surface area (Å²) in [6.45, 7) is 0. The van der Waals surface area contributed by atoms with Gasteiger partial charge >= 0.3 is 5.97 Å². The Morgan fingerprint density at radius 3 is 2.69 bits per heavy atom. The molecule has 0 aliphatic carbocycles. The maximum absolute atomic E-state index is 11.7. The molecule has 5 nitrogen and oxygen atoms in total. The Hall–Kier alpha value is -1.40. The van der Waals surface area contributed by atoms with E-state index in [4.69, 9.17) is 5.11 Å². The Kier molecular flexibility index (Phi) is 3.35. The number of hydrogen-bond donors (Lipinski definition) is 2. The number of benzene rings is 1. The van der Waals surface area contributed by atoms with Crippen molar-refractivity contribution >= 4 is 33.5 Å². The molecule has 1 aromatic carbocycles. The average molecular weight is 288 g/mol. The number of halogens is 1. The number of hydrogen-bond acceptors (Lipinski definition) is 2. The summed E-state index contributed by atoms with van der Waals surface area (Å²) in [7, 11) is 0. The van der Waals surface area contributed by atoms with Crippen LogP contribution in [-0.2, 0) is 13.9 Å². The van der Waals surface area contributed by atoms with Gasteiger partial charge in [-0.05, 0) is 6.07 Å². The van der Waals surface area contributed by atoms with Crippen molar-refractivity contribution in [3.05, 3.63) is 29.8 Å². The van der Waals surface area contributed by atoms with Crippen molar-refractivity contribution in [1.29, 1.82) is 0 Å². The van der Waals surface area contributed by atoms with Crippen LogP contribution in [0.4, 0.5) is 5.69 Å². The molecule has 1 unspecified atom stereocenters. The Morgan fingerprint density at radius 1 is 1.44 bits per heavy atom. The van der Waals surface area contributed by atoms with Gasteiger partial charge in [0.1, 0.15) is 4.32 Å². The molecule has 0 bridgehead atoms. The lowest BCUT2D eigenvalue weighted by atomic mass is 9.97. The van der Waals surface area contributed by atoms with E-state index in [0.29, 0.717) is 11.3 Å². The molecule has 16 heavy (non-hydrogen) atoms. The van der Waals surface area contributed by atoms with E-state index in [1.165, 1.54) is 0 Å². The second-order valence-corrected chi connectivity index (χ2v) is 4.73. The predicted molar refractivity (Wildman–Crippen MR) is 61.5 cm³/mol. The number of para-hydroxylation sites is 1. The average Bonchev–Trinajstić information content (AvgIpc) is 2.39. The largest absolute Gasteiger partial charge is 0.481 e. The van der Waals surface area contributed by atoms with Gasteiger partial charge in [0.2, 0.25) is 5.91 Å². The van der Waals surface area contributed by atoms with E-state index in [2.05, 4.69) is 21.2 Å². The van der Waals surface area contributed by atoms with Crippen LogP contribution in [0.25, 0.3) is 0 Å². The topological polar surface area (TPSA) is 97.9 Å². The van der Waals surface area contributed by atoms with Crippen molar-refractivity contribution in [1.82, 2.24) is 0 Å². The molecular formula is C10H10BrNO4. The fourth-order valence-corrected chi connectivity index (χ4v) is 2.35. The van der Waals surface area contributed by atoms with E-state index in [1.54, 1.807) is 24.3 Å². The molecule has 86 valence electrons. The molecule has 4 N–H and O–H groups in total. The predicted octanol–water partition coefficient (Wildman–Crippen LogP) is 0.879. The van der Waals surface area contributed by atoms with Crippen LogP contribution in [0.15, 0.2) is 24.3 Å². The molecule has 0 spiro atoms. The van der Waals surface area contributed by atoms with Crippen LogP contribution in [0.3, 0.4) is 0 Å². The summed E-state index contributed by atoms with van der Waals surface area (Å²) in [5.74, 6) is -1.34. The van der Waals surface area contributed by atoms with Crippen molar-refractivity contribution in [2.75, 3.05) is 5.32 Å². The lowest BCUT2D eigenvalue weighted by Crippen LogP contribution is -2.30. The first kappa shape index (κ1) is 12.7. The van der Waals surface area contributed by atoms with Crippen LogP contribution < -0.4 is 5.32 Å². The number of anilines is 1. The number of nitrogens with one attached hydrogen (secondary N) is 1. The second-order valence-electron chi connectivity index (χ2n) is 3.37. The summed E-state index contributed by atoms with van der Waals surface area (Å²) in [5, 5.41) is 11.4.